The van der Waals surface area contributed by atoms with Gasteiger partial charge in [0, 0.05) is 48.3 Å². The molecule has 40 heavy (non-hydrogen) atoms. The van der Waals surface area contributed by atoms with Gasteiger partial charge in [0.25, 0.3) is 0 Å². The molecule has 12 heteroatoms. The molecule has 0 N–H and O–H groups in total. The Kier molecular flexibility index (Phi) is 8.74. The SMILES string of the molecule is N#Cc1cccnc1-c1sc(-c2cccnc2)nc1Br.N#Cc1cccnc1-c1sc(-c2cccnc2)nc1Br. The number of nitriles is 2. The maximum Gasteiger partial charge on any atom is 0.127 e. The van der Waals surface area contributed by atoms with Gasteiger partial charge in [-0.3, -0.25) is 19.9 Å². The molecule has 6 aromatic heterocycles. The highest BCUT2D eigenvalue weighted by molar-refractivity contribution is 9.10. The second-order valence-corrected chi connectivity index (χ2v) is 11.3. The van der Waals surface area contributed by atoms with Gasteiger partial charge in [0.05, 0.1) is 20.9 Å². The van der Waals surface area contributed by atoms with Gasteiger partial charge >= 0.3 is 0 Å². The van der Waals surface area contributed by atoms with Gasteiger partial charge in [0.15, 0.2) is 0 Å². The van der Waals surface area contributed by atoms with Crippen LogP contribution in [0.2, 0.25) is 0 Å². The van der Waals surface area contributed by atoms with Crippen molar-refractivity contribution in [1.29, 1.82) is 10.5 Å². The number of halogens is 2. The summed E-state index contributed by atoms with van der Waals surface area (Å²) < 4.78 is 1.38. The van der Waals surface area contributed by atoms with Crippen molar-refractivity contribution >= 4 is 54.5 Å². The van der Waals surface area contributed by atoms with Crippen molar-refractivity contribution in [2.24, 2.45) is 0 Å². The average molecular weight is 686 g/mol. The minimum absolute atomic E-state index is 0.537. The van der Waals surface area contributed by atoms with E-state index in [0.29, 0.717) is 31.7 Å². The third-order valence-corrected chi connectivity index (χ3v) is 9.17. The largest absolute Gasteiger partial charge is 0.264 e. The average Bonchev–Trinajstić information content (AvgIpc) is 3.60. The van der Waals surface area contributed by atoms with E-state index in [4.69, 9.17) is 10.5 Å². The number of pyridine rings is 4. The van der Waals surface area contributed by atoms with Crippen LogP contribution < -0.4 is 0 Å². The summed E-state index contributed by atoms with van der Waals surface area (Å²) in [6.45, 7) is 0. The quantitative estimate of drug-likeness (QED) is 0.184. The van der Waals surface area contributed by atoms with Crippen molar-refractivity contribution in [3.05, 3.63) is 106 Å². The van der Waals surface area contributed by atoms with Crippen LogP contribution in [-0.2, 0) is 0 Å². The lowest BCUT2D eigenvalue weighted by Crippen LogP contribution is -1.86. The smallest absolute Gasteiger partial charge is 0.127 e. The Labute approximate surface area is 254 Å². The Morgan fingerprint density at radius 3 is 1.40 bits per heavy atom. The summed E-state index contributed by atoms with van der Waals surface area (Å²) >= 11 is 9.86. The number of aromatic nitrogens is 6. The van der Waals surface area contributed by atoms with Crippen LogP contribution in [0.3, 0.4) is 0 Å². The van der Waals surface area contributed by atoms with Gasteiger partial charge < -0.3 is 0 Å². The lowest BCUT2D eigenvalue weighted by molar-refractivity contribution is 1.28. The highest BCUT2D eigenvalue weighted by Crippen LogP contribution is 2.39. The van der Waals surface area contributed by atoms with Crippen molar-refractivity contribution in [2.75, 3.05) is 0 Å². The van der Waals surface area contributed by atoms with E-state index < -0.39 is 0 Å². The fraction of sp³-hybridized carbons (Fsp3) is 0. The Morgan fingerprint density at radius 2 is 1.02 bits per heavy atom. The molecule has 0 bridgehead atoms. The number of hydrogen-bond acceptors (Lipinski definition) is 10. The summed E-state index contributed by atoms with van der Waals surface area (Å²) in [7, 11) is 0. The Morgan fingerprint density at radius 1 is 0.600 bits per heavy atom. The molecule has 0 saturated carbocycles. The van der Waals surface area contributed by atoms with E-state index in [-0.39, 0.29) is 0 Å². The van der Waals surface area contributed by atoms with E-state index in [2.05, 4.69) is 73.9 Å². The Hall–Kier alpha value is -4.20. The van der Waals surface area contributed by atoms with Crippen molar-refractivity contribution in [3.63, 3.8) is 0 Å². The topological polar surface area (TPSA) is 125 Å². The molecule has 0 radical (unpaired) electrons. The first-order valence-corrected chi connectivity index (χ1v) is 14.7. The number of nitrogens with zero attached hydrogens (tertiary/aromatic N) is 8. The zero-order valence-electron chi connectivity index (χ0n) is 20.2. The van der Waals surface area contributed by atoms with Crippen molar-refractivity contribution in [2.45, 2.75) is 0 Å². The molecule has 0 aromatic carbocycles. The number of rotatable bonds is 4. The normalized spacial score (nSPS) is 10.2. The molecular weight excluding hydrogens is 672 g/mol. The molecule has 0 aliphatic rings. The zero-order valence-corrected chi connectivity index (χ0v) is 25.0. The molecule has 0 aliphatic heterocycles. The van der Waals surface area contributed by atoms with E-state index in [9.17, 15) is 0 Å². The van der Waals surface area contributed by atoms with Gasteiger partial charge in [-0.2, -0.15) is 10.5 Å². The van der Waals surface area contributed by atoms with Crippen LogP contribution in [-0.4, -0.2) is 29.9 Å². The van der Waals surface area contributed by atoms with Crippen LogP contribution in [0.15, 0.2) is 94.9 Å². The maximum atomic E-state index is 9.16. The number of hydrogen-bond donors (Lipinski definition) is 0. The van der Waals surface area contributed by atoms with Crippen LogP contribution in [0.25, 0.3) is 42.3 Å². The maximum absolute atomic E-state index is 9.16. The monoisotopic (exact) mass is 684 g/mol. The zero-order chi connectivity index (χ0) is 27.9. The third-order valence-electron chi connectivity index (χ3n) is 5.28. The van der Waals surface area contributed by atoms with Crippen LogP contribution in [0.1, 0.15) is 11.1 Å². The molecule has 0 aliphatic carbocycles. The molecule has 0 saturated heterocycles. The number of thiazole rings is 2. The third kappa shape index (κ3) is 6.01. The first-order valence-electron chi connectivity index (χ1n) is 11.4. The highest BCUT2D eigenvalue weighted by atomic mass is 79.9. The van der Waals surface area contributed by atoms with E-state index in [1.165, 1.54) is 22.7 Å². The second kappa shape index (κ2) is 12.8. The summed E-state index contributed by atoms with van der Waals surface area (Å²) in [4.78, 5) is 27.4. The van der Waals surface area contributed by atoms with E-state index in [1.54, 1.807) is 61.4 Å². The first-order chi connectivity index (χ1) is 19.6. The first kappa shape index (κ1) is 27.4. The molecule has 6 heterocycles. The fourth-order valence-electron chi connectivity index (χ4n) is 3.47. The van der Waals surface area contributed by atoms with Crippen LogP contribution >= 0.6 is 54.5 Å². The molecular formula is C28H14Br2N8S2. The van der Waals surface area contributed by atoms with Gasteiger partial charge in [0.2, 0.25) is 0 Å². The van der Waals surface area contributed by atoms with Crippen LogP contribution in [0.4, 0.5) is 0 Å². The van der Waals surface area contributed by atoms with Crippen LogP contribution in [0.5, 0.6) is 0 Å². The summed E-state index contributed by atoms with van der Waals surface area (Å²) in [5.41, 5.74) is 4.26. The molecule has 0 spiro atoms. The molecule has 0 fully saturated rings. The molecule has 0 atom stereocenters. The van der Waals surface area contributed by atoms with Crippen molar-refractivity contribution in [1.82, 2.24) is 29.9 Å². The van der Waals surface area contributed by atoms with Crippen LogP contribution in [0, 0.1) is 22.7 Å². The molecule has 6 aromatic rings. The summed E-state index contributed by atoms with van der Waals surface area (Å²) in [5.74, 6) is 0. The lowest BCUT2D eigenvalue weighted by Gasteiger charge is -1.98. The Bertz CT molecular complexity index is 1720. The fourth-order valence-corrected chi connectivity index (χ4v) is 6.84. The van der Waals surface area contributed by atoms with E-state index in [0.717, 1.165) is 30.9 Å². The van der Waals surface area contributed by atoms with Gasteiger partial charge in [-0.05, 0) is 80.4 Å². The Balaban J connectivity index is 0.000000161. The standard InChI is InChI=1S/2C14H7BrN4S/c2*15-13-12(11-9(7-16)3-2-6-18-11)20-14(19-13)10-4-1-5-17-8-10/h2*1-6,8H. The molecule has 0 amide bonds. The minimum Gasteiger partial charge on any atom is -0.264 e. The lowest BCUT2D eigenvalue weighted by atomic mass is 10.2. The second-order valence-electron chi connectivity index (χ2n) is 7.78. The predicted molar refractivity (Wildman–Crippen MR) is 162 cm³/mol. The summed E-state index contributed by atoms with van der Waals surface area (Å²) in [6, 6.07) is 18.9. The molecule has 6 rings (SSSR count). The van der Waals surface area contributed by atoms with E-state index >= 15 is 0 Å². The molecule has 0 unspecified atom stereocenters. The van der Waals surface area contributed by atoms with E-state index in [1.807, 2.05) is 24.3 Å². The summed E-state index contributed by atoms with van der Waals surface area (Å²) in [5, 5.41) is 20.0. The van der Waals surface area contributed by atoms with Crippen molar-refractivity contribution in [3.8, 4) is 54.4 Å². The minimum atomic E-state index is 0.537. The predicted octanol–water partition coefficient (Wildman–Crippen LogP) is 7.80. The van der Waals surface area contributed by atoms with Gasteiger partial charge in [-0.15, -0.1) is 22.7 Å². The molecule has 192 valence electrons. The summed E-state index contributed by atoms with van der Waals surface area (Å²) in [6.07, 6.45) is 10.3. The van der Waals surface area contributed by atoms with Gasteiger partial charge in [-0.1, -0.05) is 0 Å². The van der Waals surface area contributed by atoms with Gasteiger partial charge in [-0.25, -0.2) is 9.97 Å². The van der Waals surface area contributed by atoms with Crippen molar-refractivity contribution < 1.29 is 0 Å². The highest BCUT2D eigenvalue weighted by Gasteiger charge is 2.17. The van der Waals surface area contributed by atoms with Gasteiger partial charge in [0.1, 0.15) is 42.7 Å². The molecule has 8 nitrogen and oxygen atoms in total.